The van der Waals surface area contributed by atoms with E-state index in [-0.39, 0.29) is 28.2 Å². The monoisotopic (exact) mass is 329 g/mol. The quantitative estimate of drug-likeness (QED) is 0.832. The molecule has 124 valence electrons. The summed E-state index contributed by atoms with van der Waals surface area (Å²) in [6.45, 7) is 0.978. The van der Waals surface area contributed by atoms with Gasteiger partial charge in [0.05, 0.1) is 11.2 Å². The van der Waals surface area contributed by atoms with Gasteiger partial charge in [0.25, 0.3) is 0 Å². The average Bonchev–Trinajstić information content (AvgIpc) is 2.90. The highest BCUT2D eigenvalue weighted by atomic mass is 32.2. The molecule has 1 N–H and O–H groups in total. The van der Waals surface area contributed by atoms with Crippen molar-refractivity contribution < 1.29 is 23.1 Å². The van der Waals surface area contributed by atoms with Crippen LogP contribution in [0.5, 0.6) is 0 Å². The van der Waals surface area contributed by atoms with Gasteiger partial charge < -0.3 is 10.0 Å². The van der Waals surface area contributed by atoms with E-state index >= 15 is 0 Å². The molecule has 1 atom stereocenters. The summed E-state index contributed by atoms with van der Waals surface area (Å²) in [6, 6.07) is 0. The Bertz CT molecular complexity index is 571. The van der Waals surface area contributed by atoms with Crippen LogP contribution in [0.25, 0.3) is 0 Å². The summed E-state index contributed by atoms with van der Waals surface area (Å²) >= 11 is 0. The van der Waals surface area contributed by atoms with Crippen molar-refractivity contribution in [3.63, 3.8) is 0 Å². The maximum Gasteiger partial charge on any atom is 0.307 e. The zero-order valence-electron chi connectivity index (χ0n) is 12.7. The number of carbonyl (C=O) groups is 2. The molecule has 7 heteroatoms. The Labute approximate surface area is 130 Å². The van der Waals surface area contributed by atoms with E-state index in [0.717, 1.165) is 12.8 Å². The van der Waals surface area contributed by atoms with Crippen LogP contribution in [0, 0.1) is 11.3 Å². The molecule has 2 saturated carbocycles. The Hall–Kier alpha value is -1.11. The number of hydrogen-bond donors (Lipinski definition) is 1. The molecule has 1 heterocycles. The summed E-state index contributed by atoms with van der Waals surface area (Å²) in [7, 11) is -3.33. The number of piperidine rings is 1. The van der Waals surface area contributed by atoms with E-state index in [1.165, 1.54) is 0 Å². The lowest BCUT2D eigenvalue weighted by atomic mass is 9.91. The van der Waals surface area contributed by atoms with Crippen LogP contribution in [0.1, 0.15) is 44.9 Å². The van der Waals surface area contributed by atoms with Gasteiger partial charge in [-0.1, -0.05) is 12.8 Å². The first kappa shape index (κ1) is 15.8. The van der Waals surface area contributed by atoms with Crippen molar-refractivity contribution in [3.8, 4) is 0 Å². The second-order valence-electron chi connectivity index (χ2n) is 7.05. The van der Waals surface area contributed by atoms with E-state index in [2.05, 4.69) is 0 Å². The van der Waals surface area contributed by atoms with E-state index in [1.807, 2.05) is 0 Å². The van der Waals surface area contributed by atoms with Crippen LogP contribution < -0.4 is 0 Å². The number of carboxylic acid groups (broad SMARTS) is 1. The molecular formula is C15H23NO5S. The number of sulfone groups is 1. The van der Waals surface area contributed by atoms with E-state index in [0.29, 0.717) is 45.2 Å². The highest BCUT2D eigenvalue weighted by molar-refractivity contribution is 7.92. The Morgan fingerprint density at radius 3 is 2.23 bits per heavy atom. The van der Waals surface area contributed by atoms with Gasteiger partial charge in [-0.2, -0.15) is 0 Å². The third-order valence-corrected chi connectivity index (χ3v) is 7.87. The molecule has 1 aliphatic heterocycles. The zero-order chi connectivity index (χ0) is 16.0. The van der Waals surface area contributed by atoms with Crippen LogP contribution >= 0.6 is 0 Å². The SMILES string of the molecule is O=C(O)C1CC12CCN(C(=O)CS(=O)(=O)C1CCCC1)CC2. The topological polar surface area (TPSA) is 91.8 Å². The van der Waals surface area contributed by atoms with E-state index < -0.39 is 15.8 Å². The highest BCUT2D eigenvalue weighted by Crippen LogP contribution is 2.59. The Balaban J connectivity index is 1.53. The molecule has 22 heavy (non-hydrogen) atoms. The van der Waals surface area contributed by atoms with Gasteiger partial charge >= 0.3 is 5.97 Å². The van der Waals surface area contributed by atoms with Gasteiger partial charge in [-0.15, -0.1) is 0 Å². The van der Waals surface area contributed by atoms with Gasteiger partial charge in [-0.25, -0.2) is 8.42 Å². The second-order valence-corrected chi connectivity index (χ2v) is 9.33. The molecule has 2 aliphatic carbocycles. The molecule has 3 aliphatic rings. The summed E-state index contributed by atoms with van der Waals surface area (Å²) in [5.74, 6) is -1.71. The first-order valence-electron chi connectivity index (χ1n) is 8.06. The third kappa shape index (κ3) is 2.87. The Kier molecular flexibility index (Phi) is 3.95. The molecule has 0 aromatic heterocycles. The molecule has 0 radical (unpaired) electrons. The molecule has 0 aromatic carbocycles. The Morgan fingerprint density at radius 2 is 1.73 bits per heavy atom. The molecule has 6 nitrogen and oxygen atoms in total. The minimum atomic E-state index is -3.33. The molecule has 3 rings (SSSR count). The minimum absolute atomic E-state index is 0.132. The number of likely N-dealkylation sites (tertiary alicyclic amines) is 1. The van der Waals surface area contributed by atoms with Crippen LogP contribution in [-0.2, 0) is 19.4 Å². The normalized spacial score (nSPS) is 28.0. The summed E-state index contributed by atoms with van der Waals surface area (Å²) < 4.78 is 24.5. The summed E-state index contributed by atoms with van der Waals surface area (Å²) in [6.07, 6.45) is 5.28. The number of amides is 1. The summed E-state index contributed by atoms with van der Waals surface area (Å²) in [4.78, 5) is 24.9. The van der Waals surface area contributed by atoms with Crippen molar-refractivity contribution in [3.05, 3.63) is 0 Å². The van der Waals surface area contributed by atoms with Crippen LogP contribution in [-0.4, -0.2) is 54.4 Å². The first-order chi connectivity index (χ1) is 10.3. The van der Waals surface area contributed by atoms with Crippen LogP contribution in [0.4, 0.5) is 0 Å². The van der Waals surface area contributed by atoms with E-state index in [4.69, 9.17) is 5.11 Å². The smallest absolute Gasteiger partial charge is 0.307 e. The lowest BCUT2D eigenvalue weighted by Crippen LogP contribution is -2.43. The van der Waals surface area contributed by atoms with Crippen molar-refractivity contribution in [2.24, 2.45) is 11.3 Å². The van der Waals surface area contributed by atoms with E-state index in [9.17, 15) is 18.0 Å². The largest absolute Gasteiger partial charge is 0.481 e. The van der Waals surface area contributed by atoms with Crippen molar-refractivity contribution in [1.29, 1.82) is 0 Å². The number of nitrogens with zero attached hydrogens (tertiary/aromatic N) is 1. The fraction of sp³-hybridized carbons (Fsp3) is 0.867. The average molecular weight is 329 g/mol. The van der Waals surface area contributed by atoms with Crippen molar-refractivity contribution in [2.45, 2.75) is 50.2 Å². The van der Waals surface area contributed by atoms with Crippen LogP contribution in [0.3, 0.4) is 0 Å². The molecule has 0 aromatic rings. The lowest BCUT2D eigenvalue weighted by molar-refractivity contribution is -0.139. The van der Waals surface area contributed by atoms with Gasteiger partial charge in [0.15, 0.2) is 9.84 Å². The summed E-state index contributed by atoms with van der Waals surface area (Å²) in [5.41, 5.74) is -0.132. The molecular weight excluding hydrogens is 306 g/mol. The fourth-order valence-corrected chi connectivity index (χ4v) is 5.89. The van der Waals surface area contributed by atoms with Crippen LogP contribution in [0.15, 0.2) is 0 Å². The van der Waals surface area contributed by atoms with Crippen molar-refractivity contribution in [1.82, 2.24) is 4.90 Å². The van der Waals surface area contributed by atoms with Gasteiger partial charge in [0, 0.05) is 13.1 Å². The summed E-state index contributed by atoms with van der Waals surface area (Å²) in [5, 5.41) is 8.72. The molecule has 1 amide bonds. The number of aliphatic carboxylic acids is 1. The minimum Gasteiger partial charge on any atom is -0.481 e. The van der Waals surface area contributed by atoms with Crippen molar-refractivity contribution in [2.75, 3.05) is 18.8 Å². The maximum atomic E-state index is 12.2. The van der Waals surface area contributed by atoms with Gasteiger partial charge in [0.2, 0.25) is 5.91 Å². The first-order valence-corrected chi connectivity index (χ1v) is 9.78. The molecule has 1 spiro atoms. The maximum absolute atomic E-state index is 12.2. The van der Waals surface area contributed by atoms with Gasteiger partial charge in [-0.05, 0) is 37.5 Å². The number of rotatable bonds is 4. The Morgan fingerprint density at radius 1 is 1.14 bits per heavy atom. The molecule has 0 bridgehead atoms. The third-order valence-electron chi connectivity index (χ3n) is 5.73. The number of hydrogen-bond acceptors (Lipinski definition) is 4. The fourth-order valence-electron chi connectivity index (χ4n) is 4.08. The number of carbonyl (C=O) groups excluding carboxylic acids is 1. The highest BCUT2D eigenvalue weighted by Gasteiger charge is 2.59. The van der Waals surface area contributed by atoms with Gasteiger partial charge in [0.1, 0.15) is 5.75 Å². The van der Waals surface area contributed by atoms with Gasteiger partial charge in [-0.3, -0.25) is 9.59 Å². The zero-order valence-corrected chi connectivity index (χ0v) is 13.5. The molecule has 1 unspecified atom stereocenters. The predicted octanol–water partition coefficient (Wildman–Crippen LogP) is 1.06. The molecule has 1 saturated heterocycles. The predicted molar refractivity (Wildman–Crippen MR) is 80.0 cm³/mol. The lowest BCUT2D eigenvalue weighted by Gasteiger charge is -2.32. The van der Waals surface area contributed by atoms with E-state index in [1.54, 1.807) is 4.90 Å². The van der Waals surface area contributed by atoms with Crippen molar-refractivity contribution >= 4 is 21.7 Å². The second kappa shape index (κ2) is 5.51. The molecule has 3 fully saturated rings. The standard InChI is InChI=1S/C15H23NO5S/c17-13(10-22(20,21)11-3-1-2-4-11)16-7-5-15(6-8-16)9-12(15)14(18)19/h11-12H,1-10H2,(H,18,19). The van der Waals surface area contributed by atoms with Crippen LogP contribution in [0.2, 0.25) is 0 Å². The number of carboxylic acids is 1.